The number of carbonyl (C=O) groups is 2. The molecule has 10 heteroatoms. The summed E-state index contributed by atoms with van der Waals surface area (Å²) in [5, 5.41) is 15.5. The summed E-state index contributed by atoms with van der Waals surface area (Å²) in [7, 11) is 1.55. The maximum absolute atomic E-state index is 12.8. The molecule has 4 aromatic rings. The third-order valence-corrected chi connectivity index (χ3v) is 5.15. The zero-order chi connectivity index (χ0) is 25.7. The Morgan fingerprint density at radius 1 is 1.03 bits per heavy atom. The molecule has 4 rings (SSSR count). The minimum absolute atomic E-state index is 0.0639. The number of nitrogens with zero attached hydrogens (tertiary/aromatic N) is 3. The fourth-order valence-electron chi connectivity index (χ4n) is 3.41. The number of carbonyl (C=O) groups excluding carboxylic acids is 2. The van der Waals surface area contributed by atoms with E-state index in [9.17, 15) is 19.7 Å². The molecule has 0 aliphatic heterocycles. The lowest BCUT2D eigenvalue weighted by Crippen LogP contribution is -2.18. The molecule has 1 heterocycles. The Kier molecular flexibility index (Phi) is 6.96. The molecule has 0 spiro atoms. The standard InChI is InChI=1S/C26H20N4O6/c1-16-12-23(22-14-21(35-2)10-11-24(22)28-16)25(31)29-27-15-17-6-8-20(9-7-17)36-26(32)18-4-3-5-19(13-18)30(33)34/h3-15H,1-2H3,(H,29,31). The number of pyridine rings is 1. The normalized spacial score (nSPS) is 10.8. The van der Waals surface area contributed by atoms with Crippen LogP contribution in [0.2, 0.25) is 0 Å². The number of amides is 1. The molecule has 0 atom stereocenters. The Balaban J connectivity index is 1.42. The first-order chi connectivity index (χ1) is 17.3. The molecule has 0 aliphatic rings. The van der Waals surface area contributed by atoms with Gasteiger partial charge in [0.15, 0.2) is 0 Å². The Morgan fingerprint density at radius 3 is 2.50 bits per heavy atom. The number of hydrogen-bond acceptors (Lipinski definition) is 8. The van der Waals surface area contributed by atoms with E-state index in [1.165, 1.54) is 24.4 Å². The number of aryl methyl sites for hydroxylation is 1. The smallest absolute Gasteiger partial charge is 0.343 e. The van der Waals surface area contributed by atoms with E-state index in [2.05, 4.69) is 15.5 Å². The Hall–Kier alpha value is -5.12. The van der Waals surface area contributed by atoms with Crippen molar-refractivity contribution in [1.29, 1.82) is 0 Å². The van der Waals surface area contributed by atoms with Gasteiger partial charge in [0.1, 0.15) is 11.5 Å². The van der Waals surface area contributed by atoms with Gasteiger partial charge >= 0.3 is 5.97 Å². The van der Waals surface area contributed by atoms with Crippen molar-refractivity contribution in [2.24, 2.45) is 5.10 Å². The van der Waals surface area contributed by atoms with Crippen molar-refractivity contribution in [3.8, 4) is 11.5 Å². The van der Waals surface area contributed by atoms with Gasteiger partial charge in [0.25, 0.3) is 11.6 Å². The van der Waals surface area contributed by atoms with E-state index in [-0.39, 0.29) is 17.0 Å². The molecular formula is C26H20N4O6. The number of fused-ring (bicyclic) bond motifs is 1. The molecule has 0 bridgehead atoms. The summed E-state index contributed by atoms with van der Waals surface area (Å²) >= 11 is 0. The van der Waals surface area contributed by atoms with Crippen LogP contribution in [0.5, 0.6) is 11.5 Å². The Labute approximate surface area is 205 Å². The number of nitro benzene ring substituents is 1. The van der Waals surface area contributed by atoms with Crippen LogP contribution in [0, 0.1) is 17.0 Å². The second-order valence-corrected chi connectivity index (χ2v) is 7.66. The summed E-state index contributed by atoms with van der Waals surface area (Å²) < 4.78 is 10.5. The van der Waals surface area contributed by atoms with Crippen LogP contribution in [0.15, 0.2) is 77.9 Å². The number of ether oxygens (including phenoxy) is 2. The first kappa shape index (κ1) is 24.0. The summed E-state index contributed by atoms with van der Waals surface area (Å²) in [5.74, 6) is -0.265. The van der Waals surface area contributed by atoms with Gasteiger partial charge < -0.3 is 9.47 Å². The average molecular weight is 484 g/mol. The summed E-state index contributed by atoms with van der Waals surface area (Å²) in [5.41, 5.74) is 4.78. The third-order valence-electron chi connectivity index (χ3n) is 5.15. The van der Waals surface area contributed by atoms with Crippen LogP contribution in [0.3, 0.4) is 0 Å². The zero-order valence-corrected chi connectivity index (χ0v) is 19.3. The summed E-state index contributed by atoms with van der Waals surface area (Å²) in [6, 6.07) is 18.6. The van der Waals surface area contributed by atoms with Gasteiger partial charge in [0.2, 0.25) is 0 Å². The van der Waals surface area contributed by atoms with E-state index in [4.69, 9.17) is 9.47 Å². The van der Waals surface area contributed by atoms with Gasteiger partial charge in [-0.3, -0.25) is 19.9 Å². The SMILES string of the molecule is COc1ccc2nc(C)cc(C(=O)NN=Cc3ccc(OC(=O)c4cccc([N+](=O)[O-])c4)cc3)c2c1. The van der Waals surface area contributed by atoms with Crippen LogP contribution >= 0.6 is 0 Å². The van der Waals surface area contributed by atoms with Crippen molar-refractivity contribution in [3.63, 3.8) is 0 Å². The van der Waals surface area contributed by atoms with Crippen LogP contribution in [0.1, 0.15) is 32.0 Å². The number of nitro groups is 1. The highest BCUT2D eigenvalue weighted by Gasteiger charge is 2.14. The minimum Gasteiger partial charge on any atom is -0.497 e. The van der Waals surface area contributed by atoms with Crippen molar-refractivity contribution in [3.05, 3.63) is 105 Å². The molecule has 1 N–H and O–H groups in total. The van der Waals surface area contributed by atoms with E-state index in [1.807, 2.05) is 0 Å². The first-order valence-electron chi connectivity index (χ1n) is 10.7. The van der Waals surface area contributed by atoms with Gasteiger partial charge in [-0.1, -0.05) is 6.07 Å². The number of hydrogen-bond donors (Lipinski definition) is 1. The highest BCUT2D eigenvalue weighted by atomic mass is 16.6. The van der Waals surface area contributed by atoms with Crippen LogP contribution in [-0.2, 0) is 0 Å². The number of aromatic nitrogens is 1. The minimum atomic E-state index is -0.719. The van der Waals surface area contributed by atoms with Crippen molar-refractivity contribution in [2.75, 3.05) is 7.11 Å². The predicted octanol–water partition coefficient (Wildman–Crippen LogP) is 4.44. The monoisotopic (exact) mass is 484 g/mol. The lowest BCUT2D eigenvalue weighted by atomic mass is 10.1. The number of nitrogens with one attached hydrogen (secondary N) is 1. The van der Waals surface area contributed by atoms with Gasteiger partial charge in [0, 0.05) is 23.2 Å². The molecule has 0 radical (unpaired) electrons. The average Bonchev–Trinajstić information content (AvgIpc) is 2.88. The molecule has 180 valence electrons. The molecule has 0 saturated heterocycles. The topological polar surface area (TPSA) is 133 Å². The van der Waals surface area contributed by atoms with Crippen molar-refractivity contribution >= 4 is 34.7 Å². The summed E-state index contributed by atoms with van der Waals surface area (Å²) in [6.07, 6.45) is 1.45. The largest absolute Gasteiger partial charge is 0.497 e. The molecule has 1 aromatic heterocycles. The highest BCUT2D eigenvalue weighted by molar-refractivity contribution is 6.06. The lowest BCUT2D eigenvalue weighted by molar-refractivity contribution is -0.384. The number of non-ortho nitro benzene ring substituents is 1. The Morgan fingerprint density at radius 2 is 1.78 bits per heavy atom. The molecule has 0 unspecified atom stereocenters. The summed E-state index contributed by atoms with van der Waals surface area (Å²) in [6.45, 7) is 1.80. The van der Waals surface area contributed by atoms with E-state index in [1.54, 1.807) is 62.6 Å². The van der Waals surface area contributed by atoms with E-state index in [0.717, 1.165) is 6.07 Å². The molecule has 3 aromatic carbocycles. The molecule has 0 saturated carbocycles. The van der Waals surface area contributed by atoms with Gasteiger partial charge in [-0.25, -0.2) is 10.2 Å². The zero-order valence-electron chi connectivity index (χ0n) is 19.3. The van der Waals surface area contributed by atoms with Crippen LogP contribution in [-0.4, -0.2) is 35.1 Å². The molecule has 36 heavy (non-hydrogen) atoms. The number of rotatable bonds is 7. The van der Waals surface area contributed by atoms with E-state index < -0.39 is 16.8 Å². The van der Waals surface area contributed by atoms with Crippen LogP contribution in [0.25, 0.3) is 10.9 Å². The molecule has 0 fully saturated rings. The van der Waals surface area contributed by atoms with Gasteiger partial charge in [-0.15, -0.1) is 0 Å². The number of esters is 1. The van der Waals surface area contributed by atoms with E-state index in [0.29, 0.717) is 33.5 Å². The maximum Gasteiger partial charge on any atom is 0.343 e. The van der Waals surface area contributed by atoms with Crippen LogP contribution < -0.4 is 14.9 Å². The lowest BCUT2D eigenvalue weighted by Gasteiger charge is -2.08. The highest BCUT2D eigenvalue weighted by Crippen LogP contribution is 2.24. The van der Waals surface area contributed by atoms with Crippen molar-refractivity contribution in [1.82, 2.24) is 10.4 Å². The Bertz CT molecular complexity index is 1500. The third kappa shape index (κ3) is 5.50. The maximum atomic E-state index is 12.8. The van der Waals surface area contributed by atoms with Gasteiger partial charge in [-0.2, -0.15) is 5.10 Å². The van der Waals surface area contributed by atoms with Gasteiger partial charge in [0.05, 0.1) is 34.9 Å². The van der Waals surface area contributed by atoms with Crippen molar-refractivity contribution in [2.45, 2.75) is 6.92 Å². The molecular weight excluding hydrogens is 464 g/mol. The second kappa shape index (κ2) is 10.4. The fourth-order valence-corrected chi connectivity index (χ4v) is 3.41. The number of benzene rings is 3. The number of hydrazone groups is 1. The number of methoxy groups -OCH3 is 1. The molecule has 1 amide bonds. The van der Waals surface area contributed by atoms with Crippen molar-refractivity contribution < 1.29 is 24.0 Å². The summed E-state index contributed by atoms with van der Waals surface area (Å²) in [4.78, 5) is 39.8. The van der Waals surface area contributed by atoms with Gasteiger partial charge in [-0.05, 0) is 67.1 Å². The first-order valence-corrected chi connectivity index (χ1v) is 10.7. The molecule has 0 aliphatic carbocycles. The quantitative estimate of drug-likeness (QED) is 0.135. The second-order valence-electron chi connectivity index (χ2n) is 7.66. The molecule has 10 nitrogen and oxygen atoms in total. The van der Waals surface area contributed by atoms with E-state index >= 15 is 0 Å². The van der Waals surface area contributed by atoms with Crippen LogP contribution in [0.4, 0.5) is 5.69 Å². The fraction of sp³-hybridized carbons (Fsp3) is 0.0769. The predicted molar refractivity (Wildman–Crippen MR) is 133 cm³/mol.